The summed E-state index contributed by atoms with van der Waals surface area (Å²) in [6.07, 6.45) is -5.60. The Bertz CT molecular complexity index is 157. The zero-order chi connectivity index (χ0) is 9.28. The third kappa shape index (κ3) is 4.51. The number of alkyl halides is 3. The topological polar surface area (TPSA) is 26.3 Å². The van der Waals surface area contributed by atoms with Crippen LogP contribution >= 0.6 is 0 Å². The molecule has 0 aromatic heterocycles. The largest absolute Gasteiger partial charge is 0.702 e. The average Bonchev–Trinajstić information content (AvgIpc) is 1.56. The Balaban J connectivity index is 4.11. The van der Waals surface area contributed by atoms with Gasteiger partial charge >= 0.3 is 19.3 Å². The molecule has 2 nitrogen and oxygen atoms in total. The van der Waals surface area contributed by atoms with Gasteiger partial charge < -0.3 is 17.6 Å². The van der Waals surface area contributed by atoms with Crippen molar-refractivity contribution < 1.29 is 35.6 Å². The molecule has 0 heterocycles. The summed E-state index contributed by atoms with van der Waals surface area (Å²) < 4.78 is 68.0. The van der Waals surface area contributed by atoms with Crippen molar-refractivity contribution in [3.8, 4) is 0 Å². The Hall–Kier alpha value is -0.885. The second-order valence-corrected chi connectivity index (χ2v) is 1.42. The van der Waals surface area contributed by atoms with Gasteiger partial charge in [0, 0.05) is 0 Å². The van der Waals surface area contributed by atoms with Gasteiger partial charge in [-0.15, -0.1) is 0 Å². The molecule has 0 aliphatic carbocycles. The Labute approximate surface area is 56.2 Å². The molecule has 0 fully saturated rings. The number of halogens is 6. The van der Waals surface area contributed by atoms with Crippen LogP contribution in [0.25, 0.3) is 0 Å². The van der Waals surface area contributed by atoms with Crippen LogP contribution in [0.15, 0.2) is 0 Å². The first-order chi connectivity index (χ1) is 4.63. The van der Waals surface area contributed by atoms with Crippen LogP contribution in [-0.4, -0.2) is 19.3 Å². The maximum Gasteiger partial charge on any atom is 0.702 e. The van der Waals surface area contributed by atoms with E-state index in [1.54, 1.807) is 0 Å². The van der Waals surface area contributed by atoms with E-state index in [0.717, 1.165) is 0 Å². The zero-order valence-electron chi connectivity index (χ0n) is 4.66. The normalized spacial score (nSPS) is 12.9. The number of carbonyl (C=O) groups is 1. The van der Waals surface area contributed by atoms with Gasteiger partial charge in [-0.3, -0.25) is 0 Å². The number of hydrogen-bond donors (Lipinski definition) is 0. The Morgan fingerprint density at radius 1 is 1.18 bits per heavy atom. The molecule has 9 heteroatoms. The lowest BCUT2D eigenvalue weighted by Gasteiger charge is -2.17. The molecule has 0 aliphatic heterocycles. The van der Waals surface area contributed by atoms with Gasteiger partial charge in [0.15, 0.2) is 0 Å². The van der Waals surface area contributed by atoms with Crippen molar-refractivity contribution in [3.05, 3.63) is 0 Å². The fourth-order valence-corrected chi connectivity index (χ4v) is 0.188. The SMILES string of the molecule is O=C(O[10B-](F)(F)F)C(F)(F)F. The fourth-order valence-electron chi connectivity index (χ4n) is 0.188. The monoisotopic (exact) mass is 180 g/mol. The molecule has 0 N–H and O–H groups in total. The molecule has 0 saturated carbocycles. The van der Waals surface area contributed by atoms with Crippen molar-refractivity contribution in [1.29, 1.82) is 0 Å². The van der Waals surface area contributed by atoms with Crippen LogP contribution in [0.4, 0.5) is 26.1 Å². The summed E-state index contributed by atoms with van der Waals surface area (Å²) in [4.78, 5) is 9.43. The molecule has 11 heavy (non-hydrogen) atoms. The van der Waals surface area contributed by atoms with Crippen LogP contribution in [-0.2, 0) is 9.45 Å². The third-order valence-electron chi connectivity index (χ3n) is 0.472. The van der Waals surface area contributed by atoms with E-state index in [1.165, 1.54) is 0 Å². The van der Waals surface area contributed by atoms with Crippen molar-refractivity contribution in [2.75, 3.05) is 0 Å². The van der Waals surface area contributed by atoms with Crippen molar-refractivity contribution >= 4 is 13.1 Å². The van der Waals surface area contributed by atoms with Gasteiger partial charge in [0.05, 0.1) is 0 Å². The summed E-state index contributed by atoms with van der Waals surface area (Å²) in [6.45, 7) is 0. The van der Waals surface area contributed by atoms with Crippen molar-refractivity contribution in [1.82, 2.24) is 0 Å². The number of hydrogen-bond acceptors (Lipinski definition) is 2. The lowest BCUT2D eigenvalue weighted by atomic mass is 9.53. The van der Waals surface area contributed by atoms with E-state index in [-0.39, 0.29) is 0 Å². The van der Waals surface area contributed by atoms with Crippen molar-refractivity contribution in [2.24, 2.45) is 0 Å². The van der Waals surface area contributed by atoms with E-state index in [4.69, 9.17) is 0 Å². The van der Waals surface area contributed by atoms with E-state index in [0.29, 0.717) is 0 Å². The molecule has 0 aliphatic rings. The molecular formula is C2BF6O2-. The highest BCUT2D eigenvalue weighted by Gasteiger charge is 2.44. The van der Waals surface area contributed by atoms with Gasteiger partial charge in [0.25, 0.3) is 0 Å². The van der Waals surface area contributed by atoms with Gasteiger partial charge in [-0.1, -0.05) is 0 Å². The predicted molar refractivity (Wildman–Crippen MR) is 21.2 cm³/mol. The molecule has 0 unspecified atom stereocenters. The molecule has 0 rings (SSSR count). The van der Waals surface area contributed by atoms with Gasteiger partial charge in [-0.2, -0.15) is 13.2 Å². The fraction of sp³-hybridized carbons (Fsp3) is 0.500. The highest BCUT2D eigenvalue weighted by atomic mass is 19.4. The van der Waals surface area contributed by atoms with Crippen molar-refractivity contribution in [2.45, 2.75) is 6.18 Å². The smallest absolute Gasteiger partial charge is 0.602 e. The van der Waals surface area contributed by atoms with Gasteiger partial charge in [-0.05, 0) is 0 Å². The highest BCUT2D eigenvalue weighted by Crippen LogP contribution is 2.21. The molecular weight excluding hydrogens is 180 g/mol. The quantitative estimate of drug-likeness (QED) is 0.450. The van der Waals surface area contributed by atoms with Crippen molar-refractivity contribution in [3.63, 3.8) is 0 Å². The predicted octanol–water partition coefficient (Wildman–Crippen LogP) is 1.44. The summed E-state index contributed by atoms with van der Waals surface area (Å²) in [6, 6.07) is 0. The maximum absolute atomic E-state index is 11.0. The van der Waals surface area contributed by atoms with E-state index in [2.05, 4.69) is 4.65 Å². The Morgan fingerprint density at radius 2 is 1.55 bits per heavy atom. The van der Waals surface area contributed by atoms with Gasteiger partial charge in [0.1, 0.15) is 0 Å². The van der Waals surface area contributed by atoms with Gasteiger partial charge in [-0.25, -0.2) is 4.79 Å². The highest BCUT2D eigenvalue weighted by molar-refractivity contribution is 6.53. The maximum atomic E-state index is 11.0. The molecule has 0 aromatic carbocycles. The summed E-state index contributed by atoms with van der Waals surface area (Å²) in [5.74, 6) is -3.25. The molecule has 66 valence electrons. The van der Waals surface area contributed by atoms with Crippen LogP contribution in [0.3, 0.4) is 0 Å². The summed E-state index contributed by atoms with van der Waals surface area (Å²) in [7, 11) is -6.18. The van der Waals surface area contributed by atoms with Crippen LogP contribution in [0.1, 0.15) is 0 Å². The minimum absolute atomic E-state index is 2.10. The molecule has 0 atom stereocenters. The van der Waals surface area contributed by atoms with E-state index < -0.39 is 19.3 Å². The third-order valence-corrected chi connectivity index (χ3v) is 0.472. The summed E-state index contributed by atoms with van der Waals surface area (Å²) in [5.41, 5.74) is 0. The lowest BCUT2D eigenvalue weighted by Crippen LogP contribution is -2.34. The molecule has 0 aromatic rings. The second-order valence-electron chi connectivity index (χ2n) is 1.42. The molecule has 0 amide bonds. The van der Waals surface area contributed by atoms with E-state index in [1.807, 2.05) is 0 Å². The molecule has 0 radical (unpaired) electrons. The number of carbonyl (C=O) groups excluding carboxylic acids is 1. The Morgan fingerprint density at radius 3 is 1.64 bits per heavy atom. The van der Waals surface area contributed by atoms with Crippen LogP contribution in [0.2, 0.25) is 0 Å². The zero-order valence-corrected chi connectivity index (χ0v) is 4.66. The first-order valence-corrected chi connectivity index (χ1v) is 2.12. The minimum Gasteiger partial charge on any atom is -0.602 e. The molecule has 0 saturated heterocycles. The lowest BCUT2D eigenvalue weighted by molar-refractivity contribution is -0.193. The number of rotatable bonds is 1. The molecule has 0 bridgehead atoms. The van der Waals surface area contributed by atoms with E-state index >= 15 is 0 Å². The first kappa shape index (κ1) is 10.1. The minimum atomic E-state index is -6.18. The van der Waals surface area contributed by atoms with Crippen LogP contribution in [0.5, 0.6) is 0 Å². The van der Waals surface area contributed by atoms with Crippen LogP contribution in [0, 0.1) is 0 Å². The summed E-state index contributed by atoms with van der Waals surface area (Å²) >= 11 is 0. The average molecular weight is 180 g/mol. The Kier molecular flexibility index (Phi) is 2.42. The van der Waals surface area contributed by atoms with Gasteiger partial charge in [0.2, 0.25) is 0 Å². The molecule has 0 spiro atoms. The standard InChI is InChI=1S/C2BF6O2/c4-2(5,6)1(10)11-3(7,8)9/q-1/i3-1. The second kappa shape index (κ2) is 2.63. The first-order valence-electron chi connectivity index (χ1n) is 2.12. The summed E-state index contributed by atoms with van der Waals surface area (Å²) in [5, 5.41) is 0. The van der Waals surface area contributed by atoms with E-state index in [9.17, 15) is 30.9 Å². The van der Waals surface area contributed by atoms with Crippen LogP contribution < -0.4 is 0 Å².